The van der Waals surface area contributed by atoms with Gasteiger partial charge in [-0.3, -0.25) is 0 Å². The SMILES string of the molecule is c1cc(C2CCCCC2)nnc1NC1CCCNC1. The highest BCUT2D eigenvalue weighted by Crippen LogP contribution is 2.31. The molecule has 1 unspecified atom stereocenters. The molecule has 104 valence electrons. The van der Waals surface area contributed by atoms with Crippen LogP contribution >= 0.6 is 0 Å². The number of aromatic nitrogens is 2. The van der Waals surface area contributed by atoms with Gasteiger partial charge in [0.05, 0.1) is 5.69 Å². The molecule has 2 N–H and O–H groups in total. The molecule has 1 aromatic rings. The molecule has 2 aliphatic rings. The number of hydrogen-bond donors (Lipinski definition) is 2. The van der Waals surface area contributed by atoms with Crippen LogP contribution in [-0.4, -0.2) is 29.3 Å². The number of piperidine rings is 1. The molecule has 1 aliphatic carbocycles. The molecule has 2 heterocycles. The number of anilines is 1. The molecule has 19 heavy (non-hydrogen) atoms. The van der Waals surface area contributed by atoms with E-state index < -0.39 is 0 Å². The first-order valence-electron chi connectivity index (χ1n) is 7.73. The smallest absolute Gasteiger partial charge is 0.148 e. The Hall–Kier alpha value is -1.16. The van der Waals surface area contributed by atoms with Gasteiger partial charge in [-0.15, -0.1) is 5.10 Å². The van der Waals surface area contributed by atoms with E-state index in [1.807, 2.05) is 0 Å². The molecule has 2 fully saturated rings. The number of nitrogens with one attached hydrogen (secondary N) is 2. The Bertz CT molecular complexity index is 378. The number of nitrogens with zero attached hydrogens (tertiary/aromatic N) is 2. The Labute approximate surface area is 115 Å². The Morgan fingerprint density at radius 2 is 1.89 bits per heavy atom. The minimum Gasteiger partial charge on any atom is -0.365 e. The third-order valence-corrected chi connectivity index (χ3v) is 4.36. The summed E-state index contributed by atoms with van der Waals surface area (Å²) in [4.78, 5) is 0. The predicted octanol–water partition coefficient (Wildman–Crippen LogP) is 2.69. The fraction of sp³-hybridized carbons (Fsp3) is 0.733. The largest absolute Gasteiger partial charge is 0.365 e. The lowest BCUT2D eigenvalue weighted by molar-refractivity contribution is 0.434. The van der Waals surface area contributed by atoms with Crippen molar-refractivity contribution in [3.05, 3.63) is 17.8 Å². The zero-order valence-corrected chi connectivity index (χ0v) is 11.6. The number of hydrogen-bond acceptors (Lipinski definition) is 4. The molecule has 0 bridgehead atoms. The first-order valence-corrected chi connectivity index (χ1v) is 7.73. The van der Waals surface area contributed by atoms with Crippen LogP contribution in [0, 0.1) is 0 Å². The monoisotopic (exact) mass is 260 g/mol. The molecule has 0 amide bonds. The van der Waals surface area contributed by atoms with Crippen molar-refractivity contribution in [2.75, 3.05) is 18.4 Å². The highest BCUT2D eigenvalue weighted by Gasteiger charge is 2.18. The highest BCUT2D eigenvalue weighted by atomic mass is 15.2. The first-order chi connectivity index (χ1) is 9.42. The summed E-state index contributed by atoms with van der Waals surface area (Å²) in [6.07, 6.45) is 9.12. The lowest BCUT2D eigenvalue weighted by Crippen LogP contribution is -2.38. The van der Waals surface area contributed by atoms with Crippen LogP contribution in [-0.2, 0) is 0 Å². The molecule has 4 nitrogen and oxygen atoms in total. The normalized spacial score (nSPS) is 25.2. The van der Waals surface area contributed by atoms with Crippen molar-refractivity contribution in [2.24, 2.45) is 0 Å². The van der Waals surface area contributed by atoms with Crippen LogP contribution in [0.15, 0.2) is 12.1 Å². The van der Waals surface area contributed by atoms with Crippen LogP contribution in [0.3, 0.4) is 0 Å². The van der Waals surface area contributed by atoms with Crippen LogP contribution in [0.25, 0.3) is 0 Å². The molecular weight excluding hydrogens is 236 g/mol. The highest BCUT2D eigenvalue weighted by molar-refractivity contribution is 5.35. The lowest BCUT2D eigenvalue weighted by Gasteiger charge is -2.24. The molecule has 1 saturated carbocycles. The van der Waals surface area contributed by atoms with E-state index in [9.17, 15) is 0 Å². The summed E-state index contributed by atoms with van der Waals surface area (Å²) in [5.74, 6) is 1.57. The van der Waals surface area contributed by atoms with Gasteiger partial charge in [0.2, 0.25) is 0 Å². The second-order valence-corrected chi connectivity index (χ2v) is 5.87. The van der Waals surface area contributed by atoms with E-state index in [1.165, 1.54) is 50.6 Å². The molecular formula is C15H24N4. The maximum absolute atomic E-state index is 4.43. The van der Waals surface area contributed by atoms with Gasteiger partial charge in [-0.25, -0.2) is 0 Å². The quantitative estimate of drug-likeness (QED) is 0.877. The maximum atomic E-state index is 4.43. The molecule has 3 rings (SSSR count). The van der Waals surface area contributed by atoms with Gasteiger partial charge in [0, 0.05) is 18.5 Å². The summed E-state index contributed by atoms with van der Waals surface area (Å²) in [5.41, 5.74) is 1.19. The molecule has 0 radical (unpaired) electrons. The molecule has 1 aromatic heterocycles. The van der Waals surface area contributed by atoms with E-state index in [2.05, 4.69) is 33.0 Å². The first kappa shape index (κ1) is 12.9. The molecule has 1 saturated heterocycles. The zero-order valence-electron chi connectivity index (χ0n) is 11.6. The average Bonchev–Trinajstić information content (AvgIpc) is 2.50. The Kier molecular flexibility index (Phi) is 4.28. The lowest BCUT2D eigenvalue weighted by atomic mass is 9.87. The van der Waals surface area contributed by atoms with Crippen molar-refractivity contribution in [3.63, 3.8) is 0 Å². The minimum atomic E-state index is 0.503. The van der Waals surface area contributed by atoms with Crippen molar-refractivity contribution in [2.45, 2.75) is 56.9 Å². The van der Waals surface area contributed by atoms with E-state index in [-0.39, 0.29) is 0 Å². The fourth-order valence-electron chi connectivity index (χ4n) is 3.22. The van der Waals surface area contributed by atoms with Gasteiger partial charge in [-0.05, 0) is 44.4 Å². The van der Waals surface area contributed by atoms with Gasteiger partial charge in [0.15, 0.2) is 0 Å². The molecule has 0 aromatic carbocycles. The van der Waals surface area contributed by atoms with Crippen LogP contribution in [0.4, 0.5) is 5.82 Å². The van der Waals surface area contributed by atoms with Gasteiger partial charge in [0.1, 0.15) is 5.82 Å². The molecule has 1 aliphatic heterocycles. The van der Waals surface area contributed by atoms with E-state index in [0.717, 1.165) is 18.9 Å². The maximum Gasteiger partial charge on any atom is 0.148 e. The van der Waals surface area contributed by atoms with Crippen LogP contribution in [0.5, 0.6) is 0 Å². The van der Waals surface area contributed by atoms with Crippen molar-refractivity contribution in [1.82, 2.24) is 15.5 Å². The van der Waals surface area contributed by atoms with Crippen molar-refractivity contribution >= 4 is 5.82 Å². The van der Waals surface area contributed by atoms with Gasteiger partial charge >= 0.3 is 0 Å². The Balaban J connectivity index is 1.58. The third kappa shape index (κ3) is 3.44. The second-order valence-electron chi connectivity index (χ2n) is 5.87. The Morgan fingerprint density at radius 3 is 2.58 bits per heavy atom. The van der Waals surface area contributed by atoms with Crippen molar-refractivity contribution in [1.29, 1.82) is 0 Å². The summed E-state index contributed by atoms with van der Waals surface area (Å²) in [5, 5.41) is 15.7. The summed E-state index contributed by atoms with van der Waals surface area (Å²) in [7, 11) is 0. The third-order valence-electron chi connectivity index (χ3n) is 4.36. The van der Waals surface area contributed by atoms with Crippen LogP contribution < -0.4 is 10.6 Å². The Morgan fingerprint density at radius 1 is 1.00 bits per heavy atom. The van der Waals surface area contributed by atoms with Crippen LogP contribution in [0.1, 0.15) is 56.6 Å². The van der Waals surface area contributed by atoms with Crippen molar-refractivity contribution < 1.29 is 0 Å². The summed E-state index contributed by atoms with van der Waals surface area (Å²) in [6, 6.07) is 4.77. The topological polar surface area (TPSA) is 49.8 Å². The minimum absolute atomic E-state index is 0.503. The van der Waals surface area contributed by atoms with E-state index in [0.29, 0.717) is 12.0 Å². The average molecular weight is 260 g/mol. The van der Waals surface area contributed by atoms with Gasteiger partial charge in [0.25, 0.3) is 0 Å². The molecule has 4 heteroatoms. The van der Waals surface area contributed by atoms with E-state index in [1.54, 1.807) is 0 Å². The summed E-state index contributed by atoms with van der Waals surface area (Å²) < 4.78 is 0. The van der Waals surface area contributed by atoms with E-state index >= 15 is 0 Å². The summed E-state index contributed by atoms with van der Waals surface area (Å²) in [6.45, 7) is 2.18. The zero-order chi connectivity index (χ0) is 12.9. The van der Waals surface area contributed by atoms with Crippen molar-refractivity contribution in [3.8, 4) is 0 Å². The second kappa shape index (κ2) is 6.33. The van der Waals surface area contributed by atoms with Gasteiger partial charge in [-0.1, -0.05) is 19.3 Å². The van der Waals surface area contributed by atoms with Crippen LogP contribution in [0.2, 0.25) is 0 Å². The van der Waals surface area contributed by atoms with E-state index in [4.69, 9.17) is 0 Å². The van der Waals surface area contributed by atoms with Gasteiger partial charge < -0.3 is 10.6 Å². The predicted molar refractivity (Wildman–Crippen MR) is 77.4 cm³/mol. The summed E-state index contributed by atoms with van der Waals surface area (Å²) >= 11 is 0. The molecule has 1 atom stereocenters. The standard InChI is InChI=1S/C15H24N4/c1-2-5-12(6-3-1)14-8-9-15(19-18-14)17-13-7-4-10-16-11-13/h8-9,12-13,16H,1-7,10-11H2,(H,17,19). The van der Waals surface area contributed by atoms with Gasteiger partial charge in [-0.2, -0.15) is 5.10 Å². The number of rotatable bonds is 3. The molecule has 0 spiro atoms. The fourth-order valence-corrected chi connectivity index (χ4v) is 3.22.